The van der Waals surface area contributed by atoms with Crippen LogP contribution in [0.4, 0.5) is 0 Å². The molecule has 0 unspecified atom stereocenters. The van der Waals surface area contributed by atoms with Crippen LogP contribution in [0.25, 0.3) is 99.5 Å². The van der Waals surface area contributed by atoms with Crippen molar-refractivity contribution in [2.45, 2.75) is 55.4 Å². The number of hydrogen-bond acceptors (Lipinski definition) is 4. The molecule has 6 nitrogen and oxygen atoms in total. The molecule has 0 aliphatic carbocycles. The van der Waals surface area contributed by atoms with E-state index in [4.69, 9.17) is 0 Å². The Morgan fingerprint density at radius 3 is 0.764 bits per heavy atom. The van der Waals surface area contributed by atoms with E-state index < -0.39 is 0 Å². The van der Waals surface area contributed by atoms with E-state index in [1.54, 1.807) is 0 Å². The first-order valence-corrected chi connectivity index (χ1v) is 24.1. The fourth-order valence-electron chi connectivity index (χ4n) is 11.4. The molecule has 0 bridgehead atoms. The maximum absolute atomic E-state index is 10.0. The highest BCUT2D eigenvalue weighted by molar-refractivity contribution is 6.29. The topological polar surface area (TPSA) is 105 Å². The van der Waals surface area contributed by atoms with Crippen LogP contribution in [0.2, 0.25) is 0 Å². The van der Waals surface area contributed by atoms with Gasteiger partial charge in [-0.05, 0) is 205 Å². The van der Waals surface area contributed by atoms with Gasteiger partial charge in [-0.3, -0.25) is 0 Å². The first-order chi connectivity index (χ1) is 34.8. The Hall–Kier alpha value is -9.46. The van der Waals surface area contributed by atoms with E-state index in [-0.39, 0.29) is 0 Å². The van der Waals surface area contributed by atoms with Crippen molar-refractivity contribution < 1.29 is 0 Å². The van der Waals surface area contributed by atoms with E-state index in [1.807, 2.05) is 55.4 Å². The zero-order valence-electron chi connectivity index (χ0n) is 41.5. The van der Waals surface area contributed by atoms with E-state index in [0.717, 1.165) is 144 Å². The van der Waals surface area contributed by atoms with Crippen LogP contribution in [0.5, 0.6) is 0 Å². The molecule has 72 heavy (non-hydrogen) atoms. The molecule has 0 atom stereocenters. The van der Waals surface area contributed by atoms with Gasteiger partial charge in [-0.2, -0.15) is 21.0 Å². The monoisotopic (exact) mass is 924 g/mol. The summed E-state index contributed by atoms with van der Waals surface area (Å²) in [7, 11) is 0. The van der Waals surface area contributed by atoms with Gasteiger partial charge in [0, 0.05) is 32.9 Å². The third kappa shape index (κ3) is 7.13. The summed E-state index contributed by atoms with van der Waals surface area (Å²) in [6.45, 7) is 16.0. The SMILES string of the molecule is Cc1cc(-c2cc(-c3cc(C)c(C#N)c(C)c3)cc(-n3c4ccccc4c4c5c6ccccc6n(-c6cc(-c7cc(C)c(C#N)c(C)c7)cc(-c7cc(C)c(C#N)c(C)c7)c6)c5ccc43)c2)cc(C)c1C#N. The number of para-hydroxylation sites is 2. The Morgan fingerprint density at radius 2 is 0.514 bits per heavy atom. The Morgan fingerprint density at radius 1 is 0.278 bits per heavy atom. The molecule has 6 heteroatoms. The quantitative estimate of drug-likeness (QED) is 0.166. The van der Waals surface area contributed by atoms with E-state index in [2.05, 4.69) is 179 Å². The van der Waals surface area contributed by atoms with Crippen molar-refractivity contribution in [3.05, 3.63) is 212 Å². The molecule has 0 aliphatic heterocycles. The van der Waals surface area contributed by atoms with Gasteiger partial charge in [0.1, 0.15) is 0 Å². The minimum absolute atomic E-state index is 0.695. The summed E-state index contributed by atoms with van der Waals surface area (Å²) in [4.78, 5) is 0. The second kappa shape index (κ2) is 17.2. The van der Waals surface area contributed by atoms with Crippen molar-refractivity contribution in [2.75, 3.05) is 0 Å². The summed E-state index contributed by atoms with van der Waals surface area (Å²) in [6.07, 6.45) is 0. The van der Waals surface area contributed by atoms with E-state index >= 15 is 0 Å². The van der Waals surface area contributed by atoms with Gasteiger partial charge in [-0.25, -0.2) is 0 Å². The van der Waals surface area contributed by atoms with Gasteiger partial charge >= 0.3 is 0 Å². The number of benzene rings is 9. The van der Waals surface area contributed by atoms with E-state index in [0.29, 0.717) is 22.3 Å². The maximum atomic E-state index is 10.0. The molecular formula is C66H48N6. The molecule has 0 saturated heterocycles. The first kappa shape index (κ1) is 45.0. The van der Waals surface area contributed by atoms with Crippen molar-refractivity contribution in [1.82, 2.24) is 9.13 Å². The molecule has 0 amide bonds. The number of fused-ring (bicyclic) bond motifs is 7. The average molecular weight is 925 g/mol. The van der Waals surface area contributed by atoms with Gasteiger partial charge in [0.2, 0.25) is 0 Å². The Kier molecular flexibility index (Phi) is 10.7. The van der Waals surface area contributed by atoms with Crippen LogP contribution in [0.1, 0.15) is 66.8 Å². The van der Waals surface area contributed by atoms with Crippen LogP contribution < -0.4 is 0 Å². The zero-order valence-corrected chi connectivity index (χ0v) is 41.5. The summed E-state index contributed by atoms with van der Waals surface area (Å²) < 4.78 is 4.78. The van der Waals surface area contributed by atoms with Gasteiger partial charge < -0.3 is 9.13 Å². The van der Waals surface area contributed by atoms with Gasteiger partial charge in [0.25, 0.3) is 0 Å². The number of aromatic nitrogens is 2. The molecule has 2 aromatic heterocycles. The number of nitrogens with zero attached hydrogens (tertiary/aromatic N) is 6. The van der Waals surface area contributed by atoms with Crippen molar-refractivity contribution in [1.29, 1.82) is 21.0 Å². The van der Waals surface area contributed by atoms with Crippen LogP contribution in [0.3, 0.4) is 0 Å². The van der Waals surface area contributed by atoms with Crippen LogP contribution in [-0.2, 0) is 0 Å². The normalized spacial score (nSPS) is 11.3. The van der Waals surface area contributed by atoms with Crippen molar-refractivity contribution in [3.8, 4) is 80.2 Å². The van der Waals surface area contributed by atoms with Gasteiger partial charge in [-0.1, -0.05) is 84.9 Å². The zero-order chi connectivity index (χ0) is 50.3. The van der Waals surface area contributed by atoms with Crippen LogP contribution in [0.15, 0.2) is 146 Å². The third-order valence-electron chi connectivity index (χ3n) is 14.7. The lowest BCUT2D eigenvalue weighted by atomic mass is 9.91. The molecule has 2 heterocycles. The smallest absolute Gasteiger partial charge is 0.0997 e. The minimum atomic E-state index is 0.695. The largest absolute Gasteiger partial charge is 0.309 e. The summed E-state index contributed by atoms with van der Waals surface area (Å²) in [6, 6.07) is 61.9. The molecule has 0 spiro atoms. The third-order valence-corrected chi connectivity index (χ3v) is 14.7. The highest BCUT2D eigenvalue weighted by atomic mass is 15.0. The second-order valence-corrected chi connectivity index (χ2v) is 19.5. The first-order valence-electron chi connectivity index (χ1n) is 24.1. The fraction of sp³-hybridized carbons (Fsp3) is 0.121. The molecule has 0 radical (unpaired) electrons. The number of rotatable bonds is 6. The summed E-state index contributed by atoms with van der Waals surface area (Å²) in [5.41, 5.74) is 24.7. The minimum Gasteiger partial charge on any atom is -0.309 e. The Labute approximate surface area is 419 Å². The van der Waals surface area contributed by atoms with Gasteiger partial charge in [0.15, 0.2) is 0 Å². The molecule has 0 saturated carbocycles. The standard InChI is InChI=1S/C66H48N6/c1-37-19-45(20-38(2)57(37)33-67)49-27-50(46-21-39(3)58(34-68)40(4)22-46)30-53(29-49)71-61-15-11-9-13-55(61)65-63(71)17-18-64-66(65)56-14-10-12-16-62(56)72(64)54-31-51(47-23-41(5)59(35-69)42(6)24-47)28-52(32-54)48-25-43(7)60(36-70)44(8)26-48/h9-32H,1-8H3. The lowest BCUT2D eigenvalue weighted by Gasteiger charge is -2.17. The Bertz CT molecular complexity index is 3810. The predicted molar refractivity (Wildman–Crippen MR) is 294 cm³/mol. The van der Waals surface area contributed by atoms with E-state index in [1.165, 1.54) is 0 Å². The summed E-state index contributed by atoms with van der Waals surface area (Å²) in [5, 5.41) is 44.6. The Balaban J connectivity index is 1.21. The van der Waals surface area contributed by atoms with Crippen molar-refractivity contribution in [3.63, 3.8) is 0 Å². The summed E-state index contributed by atoms with van der Waals surface area (Å²) >= 11 is 0. The molecule has 0 fully saturated rings. The van der Waals surface area contributed by atoms with Crippen molar-refractivity contribution >= 4 is 43.6 Å². The number of nitriles is 4. The van der Waals surface area contributed by atoms with E-state index in [9.17, 15) is 21.0 Å². The highest BCUT2D eigenvalue weighted by Crippen LogP contribution is 2.45. The lowest BCUT2D eigenvalue weighted by molar-refractivity contribution is 1.17. The molecule has 342 valence electrons. The van der Waals surface area contributed by atoms with Gasteiger partial charge in [0.05, 0.1) is 68.6 Å². The van der Waals surface area contributed by atoms with Crippen LogP contribution in [-0.4, -0.2) is 9.13 Å². The maximum Gasteiger partial charge on any atom is 0.0997 e. The molecule has 9 aromatic carbocycles. The molecule has 0 aliphatic rings. The number of hydrogen-bond donors (Lipinski definition) is 0. The molecule has 0 N–H and O–H groups in total. The second-order valence-electron chi connectivity index (χ2n) is 19.5. The highest BCUT2D eigenvalue weighted by Gasteiger charge is 2.23. The van der Waals surface area contributed by atoms with Crippen molar-refractivity contribution in [2.24, 2.45) is 0 Å². The lowest BCUT2D eigenvalue weighted by Crippen LogP contribution is -1.98. The molecule has 11 aromatic rings. The molecule has 11 rings (SSSR count). The average Bonchev–Trinajstić information content (AvgIpc) is 3.88. The van der Waals surface area contributed by atoms with Crippen LogP contribution in [0, 0.1) is 101 Å². The number of aryl methyl sites for hydroxylation is 8. The summed E-state index contributed by atoms with van der Waals surface area (Å²) in [5.74, 6) is 0. The molecular weight excluding hydrogens is 877 g/mol. The predicted octanol–water partition coefficient (Wildman–Crippen LogP) is 16.5. The fourth-order valence-corrected chi connectivity index (χ4v) is 11.4. The van der Waals surface area contributed by atoms with Gasteiger partial charge in [-0.15, -0.1) is 0 Å². The van der Waals surface area contributed by atoms with Crippen LogP contribution >= 0.6 is 0 Å².